The highest BCUT2D eigenvalue weighted by Crippen LogP contribution is 2.14. The lowest BCUT2D eigenvalue weighted by Gasteiger charge is -2.11. The molecule has 1 aromatic carbocycles. The van der Waals surface area contributed by atoms with E-state index in [0.717, 1.165) is 24.1 Å². The number of benzene rings is 1. The van der Waals surface area contributed by atoms with Gasteiger partial charge in [-0.05, 0) is 64.2 Å². The molecule has 0 aromatic heterocycles. The zero-order chi connectivity index (χ0) is 16.8. The molecule has 0 aliphatic carbocycles. The summed E-state index contributed by atoms with van der Waals surface area (Å²) in [7, 11) is 0.258. The topological polar surface area (TPSA) is 78.5 Å². The first-order chi connectivity index (χ1) is 10.2. The molecule has 0 aliphatic rings. The van der Waals surface area contributed by atoms with Gasteiger partial charge < -0.3 is 10.2 Å². The smallest absolute Gasteiger partial charge is 0.241 e. The van der Waals surface area contributed by atoms with E-state index in [-0.39, 0.29) is 17.3 Å². The van der Waals surface area contributed by atoms with Gasteiger partial charge in [-0.3, -0.25) is 4.79 Å². The Morgan fingerprint density at radius 1 is 1.18 bits per heavy atom. The fourth-order valence-corrected chi connectivity index (χ4v) is 2.88. The normalized spacial score (nSPS) is 11.7. The van der Waals surface area contributed by atoms with E-state index in [9.17, 15) is 13.2 Å². The molecular weight excluding hydrogens is 302 g/mol. The van der Waals surface area contributed by atoms with Crippen LogP contribution in [0.5, 0.6) is 0 Å². The van der Waals surface area contributed by atoms with Crippen LogP contribution in [0.4, 0.5) is 0 Å². The lowest BCUT2D eigenvalue weighted by atomic mass is 10.1. The molecular formula is C15H25N3O3S. The molecule has 0 aliphatic heterocycles. The van der Waals surface area contributed by atoms with Gasteiger partial charge in [0.1, 0.15) is 0 Å². The Hall–Kier alpha value is -1.44. The molecule has 0 spiro atoms. The molecule has 7 heteroatoms. The standard InChI is InChI=1S/C15H25N3O3S/c1-12-6-7-14(10-13(12)2)22(20,21)17-11-15(19)16-8-5-9-18(3)4/h6-7,10,17H,5,8-9,11H2,1-4H3,(H,16,19). The molecule has 0 radical (unpaired) electrons. The van der Waals surface area contributed by atoms with Crippen LogP contribution in [0.15, 0.2) is 23.1 Å². The molecule has 0 heterocycles. The quantitative estimate of drug-likeness (QED) is 0.687. The van der Waals surface area contributed by atoms with Crippen LogP contribution >= 0.6 is 0 Å². The SMILES string of the molecule is Cc1ccc(S(=O)(=O)NCC(=O)NCCCN(C)C)cc1C. The summed E-state index contributed by atoms with van der Waals surface area (Å²) in [6.07, 6.45) is 0.822. The van der Waals surface area contributed by atoms with E-state index in [1.807, 2.05) is 32.8 Å². The molecule has 0 fully saturated rings. The van der Waals surface area contributed by atoms with E-state index in [1.54, 1.807) is 18.2 Å². The highest BCUT2D eigenvalue weighted by molar-refractivity contribution is 7.89. The number of amides is 1. The zero-order valence-electron chi connectivity index (χ0n) is 13.6. The van der Waals surface area contributed by atoms with Crippen LogP contribution in [0.2, 0.25) is 0 Å². The number of nitrogens with zero attached hydrogens (tertiary/aromatic N) is 1. The van der Waals surface area contributed by atoms with Crippen molar-refractivity contribution in [3.8, 4) is 0 Å². The van der Waals surface area contributed by atoms with E-state index in [2.05, 4.69) is 10.0 Å². The minimum atomic E-state index is -3.66. The van der Waals surface area contributed by atoms with E-state index >= 15 is 0 Å². The molecule has 0 saturated heterocycles. The van der Waals surface area contributed by atoms with Gasteiger partial charge in [0.2, 0.25) is 15.9 Å². The van der Waals surface area contributed by atoms with Crippen LogP contribution in [-0.4, -0.2) is 53.0 Å². The van der Waals surface area contributed by atoms with Crippen molar-refractivity contribution in [2.45, 2.75) is 25.2 Å². The highest BCUT2D eigenvalue weighted by Gasteiger charge is 2.15. The van der Waals surface area contributed by atoms with Crippen molar-refractivity contribution in [2.75, 3.05) is 33.7 Å². The first-order valence-corrected chi connectivity index (χ1v) is 8.69. The Kier molecular flexibility index (Phi) is 6.99. The molecule has 2 N–H and O–H groups in total. The van der Waals surface area contributed by atoms with Gasteiger partial charge >= 0.3 is 0 Å². The first kappa shape index (κ1) is 18.6. The second kappa shape index (κ2) is 8.26. The molecule has 0 bridgehead atoms. The van der Waals surface area contributed by atoms with Gasteiger partial charge in [-0.15, -0.1) is 0 Å². The van der Waals surface area contributed by atoms with E-state index in [4.69, 9.17) is 0 Å². The van der Waals surface area contributed by atoms with Crippen LogP contribution in [-0.2, 0) is 14.8 Å². The number of nitrogens with one attached hydrogen (secondary N) is 2. The number of sulfonamides is 1. The van der Waals surface area contributed by atoms with Crippen molar-refractivity contribution < 1.29 is 13.2 Å². The molecule has 1 amide bonds. The van der Waals surface area contributed by atoms with Gasteiger partial charge in [-0.25, -0.2) is 13.1 Å². The van der Waals surface area contributed by atoms with Crippen molar-refractivity contribution in [3.63, 3.8) is 0 Å². The Labute approximate surface area is 132 Å². The fraction of sp³-hybridized carbons (Fsp3) is 0.533. The number of aryl methyl sites for hydroxylation is 2. The summed E-state index contributed by atoms with van der Waals surface area (Å²) in [5.74, 6) is -0.328. The number of carbonyl (C=O) groups excluding carboxylic acids is 1. The number of carbonyl (C=O) groups is 1. The largest absolute Gasteiger partial charge is 0.355 e. The number of hydrogen-bond donors (Lipinski definition) is 2. The van der Waals surface area contributed by atoms with Gasteiger partial charge in [-0.2, -0.15) is 0 Å². The molecule has 1 rings (SSSR count). The van der Waals surface area contributed by atoms with E-state index < -0.39 is 10.0 Å². The average Bonchev–Trinajstić information content (AvgIpc) is 2.44. The molecule has 6 nitrogen and oxygen atoms in total. The van der Waals surface area contributed by atoms with Crippen LogP contribution in [0.3, 0.4) is 0 Å². The Morgan fingerprint density at radius 3 is 2.45 bits per heavy atom. The monoisotopic (exact) mass is 327 g/mol. The summed E-state index contributed by atoms with van der Waals surface area (Å²) >= 11 is 0. The molecule has 0 unspecified atom stereocenters. The predicted octanol–water partition coefficient (Wildman–Crippen LogP) is 0.650. The van der Waals surface area contributed by atoms with Gasteiger partial charge in [-0.1, -0.05) is 6.07 Å². The van der Waals surface area contributed by atoms with Crippen molar-refractivity contribution in [3.05, 3.63) is 29.3 Å². The summed E-state index contributed by atoms with van der Waals surface area (Å²) < 4.78 is 26.6. The Balaban J connectivity index is 2.48. The molecule has 22 heavy (non-hydrogen) atoms. The summed E-state index contributed by atoms with van der Waals surface area (Å²) in [4.78, 5) is 13.8. The second-order valence-electron chi connectivity index (χ2n) is 5.58. The third-order valence-electron chi connectivity index (χ3n) is 3.32. The maximum atomic E-state index is 12.1. The summed E-state index contributed by atoms with van der Waals surface area (Å²) in [6.45, 7) is 4.92. The second-order valence-corrected chi connectivity index (χ2v) is 7.34. The summed E-state index contributed by atoms with van der Waals surface area (Å²) in [6, 6.07) is 4.90. The number of rotatable bonds is 8. The average molecular weight is 327 g/mol. The van der Waals surface area contributed by atoms with Crippen LogP contribution in [0.25, 0.3) is 0 Å². The van der Waals surface area contributed by atoms with Gasteiger partial charge in [0.25, 0.3) is 0 Å². The van der Waals surface area contributed by atoms with Gasteiger partial charge in [0, 0.05) is 6.54 Å². The number of hydrogen-bond acceptors (Lipinski definition) is 4. The third-order valence-corrected chi connectivity index (χ3v) is 4.71. The maximum Gasteiger partial charge on any atom is 0.241 e. The zero-order valence-corrected chi connectivity index (χ0v) is 14.5. The van der Waals surface area contributed by atoms with Crippen molar-refractivity contribution >= 4 is 15.9 Å². The third kappa shape index (κ3) is 6.13. The van der Waals surface area contributed by atoms with E-state index in [1.165, 1.54) is 0 Å². The van der Waals surface area contributed by atoms with Crippen molar-refractivity contribution in [1.82, 2.24) is 14.9 Å². The van der Waals surface area contributed by atoms with Gasteiger partial charge in [0.15, 0.2) is 0 Å². The van der Waals surface area contributed by atoms with E-state index in [0.29, 0.717) is 6.54 Å². The van der Waals surface area contributed by atoms with Crippen LogP contribution in [0.1, 0.15) is 17.5 Å². The molecule has 0 atom stereocenters. The first-order valence-electron chi connectivity index (χ1n) is 7.21. The van der Waals surface area contributed by atoms with Crippen molar-refractivity contribution in [1.29, 1.82) is 0 Å². The lowest BCUT2D eigenvalue weighted by molar-refractivity contribution is -0.119. The molecule has 1 aromatic rings. The predicted molar refractivity (Wildman–Crippen MR) is 87.3 cm³/mol. The minimum Gasteiger partial charge on any atom is -0.355 e. The fourth-order valence-electron chi connectivity index (χ4n) is 1.81. The minimum absolute atomic E-state index is 0.177. The van der Waals surface area contributed by atoms with Crippen LogP contribution in [0, 0.1) is 13.8 Å². The summed E-state index contributed by atoms with van der Waals surface area (Å²) in [5, 5.41) is 2.69. The Morgan fingerprint density at radius 2 is 1.86 bits per heavy atom. The Bertz CT molecular complexity index is 612. The molecule has 0 saturated carbocycles. The van der Waals surface area contributed by atoms with Crippen LogP contribution < -0.4 is 10.0 Å². The maximum absolute atomic E-state index is 12.1. The highest BCUT2D eigenvalue weighted by atomic mass is 32.2. The van der Waals surface area contributed by atoms with Crippen molar-refractivity contribution in [2.24, 2.45) is 0 Å². The van der Waals surface area contributed by atoms with Gasteiger partial charge in [0.05, 0.1) is 11.4 Å². The molecule has 124 valence electrons. The lowest BCUT2D eigenvalue weighted by Crippen LogP contribution is -2.37. The summed E-state index contributed by atoms with van der Waals surface area (Å²) in [5.41, 5.74) is 1.92.